The molecule has 1 N–H and O–H groups in total. The molecule has 0 atom stereocenters. The maximum Gasteiger partial charge on any atom is 0.261 e. The van der Waals surface area contributed by atoms with Gasteiger partial charge in [-0.1, -0.05) is 45.0 Å². The molecule has 2 aromatic rings. The summed E-state index contributed by atoms with van der Waals surface area (Å²) in [7, 11) is -2.14. The van der Waals surface area contributed by atoms with Gasteiger partial charge in [0.2, 0.25) is 5.91 Å². The van der Waals surface area contributed by atoms with Gasteiger partial charge in [0.1, 0.15) is 0 Å². The molecule has 0 saturated heterocycles. The largest absolute Gasteiger partial charge is 0.314 e. The van der Waals surface area contributed by atoms with Gasteiger partial charge in [0.25, 0.3) is 10.0 Å². The van der Waals surface area contributed by atoms with Gasteiger partial charge in [-0.25, -0.2) is 8.42 Å². The third-order valence-corrected chi connectivity index (χ3v) is 5.39. The molecular formula is C19H24N2O3S. The van der Waals surface area contributed by atoms with Crippen molar-refractivity contribution in [3.8, 4) is 0 Å². The van der Waals surface area contributed by atoms with Crippen molar-refractivity contribution in [2.75, 3.05) is 16.7 Å². The van der Waals surface area contributed by atoms with Crippen LogP contribution in [0.3, 0.4) is 0 Å². The average molecular weight is 360 g/mol. The van der Waals surface area contributed by atoms with E-state index in [0.717, 1.165) is 5.56 Å². The van der Waals surface area contributed by atoms with Crippen molar-refractivity contribution in [3.05, 3.63) is 54.1 Å². The maximum atomic E-state index is 12.7. The number of sulfonamides is 1. The van der Waals surface area contributed by atoms with Crippen molar-refractivity contribution >= 4 is 27.3 Å². The molecule has 0 aliphatic heterocycles. The van der Waals surface area contributed by atoms with E-state index in [1.54, 1.807) is 43.4 Å². The van der Waals surface area contributed by atoms with E-state index in [2.05, 4.69) is 25.5 Å². The molecule has 0 aliphatic rings. The molecule has 0 radical (unpaired) electrons. The van der Waals surface area contributed by atoms with Crippen LogP contribution >= 0.6 is 0 Å². The summed E-state index contributed by atoms with van der Waals surface area (Å²) in [4.78, 5) is 13.2. The van der Waals surface area contributed by atoms with Crippen LogP contribution in [0.2, 0.25) is 0 Å². The predicted octanol–water partition coefficient (Wildman–Crippen LogP) is 3.77. The molecule has 134 valence electrons. The molecule has 0 aliphatic carbocycles. The van der Waals surface area contributed by atoms with Crippen LogP contribution in [0.4, 0.5) is 11.4 Å². The first kappa shape index (κ1) is 19.0. The summed E-state index contributed by atoms with van der Waals surface area (Å²) in [6.45, 7) is 7.64. The molecule has 2 aromatic carbocycles. The highest BCUT2D eigenvalue weighted by molar-refractivity contribution is 7.92. The van der Waals surface area contributed by atoms with Gasteiger partial charge < -0.3 is 4.90 Å². The Morgan fingerprint density at radius 1 is 1.00 bits per heavy atom. The van der Waals surface area contributed by atoms with E-state index in [-0.39, 0.29) is 16.2 Å². The lowest BCUT2D eigenvalue weighted by molar-refractivity contribution is -0.116. The normalized spacial score (nSPS) is 11.9. The number of amides is 1. The topological polar surface area (TPSA) is 66.5 Å². The first-order valence-electron chi connectivity index (χ1n) is 7.99. The number of hydrogen-bond acceptors (Lipinski definition) is 3. The molecule has 0 fully saturated rings. The summed E-state index contributed by atoms with van der Waals surface area (Å²) < 4.78 is 28.0. The summed E-state index contributed by atoms with van der Waals surface area (Å²) in [5.74, 6) is -0.179. The van der Waals surface area contributed by atoms with Crippen LogP contribution in [0, 0.1) is 0 Å². The summed E-state index contributed by atoms with van der Waals surface area (Å²) >= 11 is 0. The fourth-order valence-electron chi connectivity index (χ4n) is 2.36. The van der Waals surface area contributed by atoms with Crippen LogP contribution in [0.1, 0.15) is 33.3 Å². The number of hydrogen-bond donors (Lipinski definition) is 1. The minimum atomic E-state index is -3.75. The first-order valence-corrected chi connectivity index (χ1v) is 9.47. The number of carbonyl (C=O) groups is 1. The maximum absolute atomic E-state index is 12.7. The number of benzene rings is 2. The zero-order valence-corrected chi connectivity index (χ0v) is 16.0. The van der Waals surface area contributed by atoms with E-state index in [4.69, 9.17) is 0 Å². The van der Waals surface area contributed by atoms with Crippen LogP contribution in [0.15, 0.2) is 53.4 Å². The third-order valence-electron chi connectivity index (χ3n) is 4.01. The highest BCUT2D eigenvalue weighted by Gasteiger charge is 2.20. The van der Waals surface area contributed by atoms with Crippen LogP contribution in [0.25, 0.3) is 0 Å². The van der Waals surface area contributed by atoms with Crippen LogP contribution in [0.5, 0.6) is 0 Å². The highest BCUT2D eigenvalue weighted by Crippen LogP contribution is 2.28. The number of para-hydroxylation sites is 2. The van der Waals surface area contributed by atoms with Crippen molar-refractivity contribution in [3.63, 3.8) is 0 Å². The summed E-state index contributed by atoms with van der Waals surface area (Å²) in [5, 5.41) is 0. The molecule has 0 aromatic heterocycles. The second kappa shape index (κ2) is 6.88. The lowest BCUT2D eigenvalue weighted by atomic mass is 9.87. The molecule has 0 unspecified atom stereocenters. The smallest absolute Gasteiger partial charge is 0.261 e. The summed E-state index contributed by atoms with van der Waals surface area (Å²) in [6.07, 6.45) is 0. The Kier molecular flexibility index (Phi) is 5.23. The van der Waals surface area contributed by atoms with Crippen molar-refractivity contribution in [2.24, 2.45) is 0 Å². The van der Waals surface area contributed by atoms with Gasteiger partial charge in [0.15, 0.2) is 0 Å². The molecule has 1 amide bonds. The van der Waals surface area contributed by atoms with Gasteiger partial charge >= 0.3 is 0 Å². The van der Waals surface area contributed by atoms with Gasteiger partial charge in [-0.05, 0) is 35.2 Å². The van der Waals surface area contributed by atoms with Gasteiger partial charge in [-0.15, -0.1) is 0 Å². The monoisotopic (exact) mass is 360 g/mol. The minimum absolute atomic E-state index is 0.0491. The second-order valence-corrected chi connectivity index (χ2v) is 8.66. The van der Waals surface area contributed by atoms with E-state index in [1.165, 1.54) is 11.8 Å². The molecular weight excluding hydrogens is 336 g/mol. The zero-order chi connectivity index (χ0) is 18.8. The fraction of sp³-hybridized carbons (Fsp3) is 0.316. The first-order chi connectivity index (χ1) is 11.5. The molecule has 6 heteroatoms. The molecule has 0 saturated carbocycles. The summed E-state index contributed by atoms with van der Waals surface area (Å²) in [5.41, 5.74) is 1.88. The minimum Gasteiger partial charge on any atom is -0.314 e. The molecule has 0 bridgehead atoms. The molecule has 5 nitrogen and oxygen atoms in total. The Morgan fingerprint density at radius 2 is 1.56 bits per heavy atom. The third kappa shape index (κ3) is 4.39. The number of nitrogens with zero attached hydrogens (tertiary/aromatic N) is 1. The van der Waals surface area contributed by atoms with Crippen LogP contribution < -0.4 is 9.62 Å². The average Bonchev–Trinajstić information content (AvgIpc) is 2.53. The lowest BCUT2D eigenvalue weighted by Crippen LogP contribution is -2.25. The lowest BCUT2D eigenvalue weighted by Gasteiger charge is -2.21. The van der Waals surface area contributed by atoms with E-state index < -0.39 is 10.0 Å². The van der Waals surface area contributed by atoms with Crippen LogP contribution in [-0.2, 0) is 20.2 Å². The molecule has 2 rings (SSSR count). The van der Waals surface area contributed by atoms with Crippen molar-refractivity contribution in [1.29, 1.82) is 0 Å². The predicted molar refractivity (Wildman–Crippen MR) is 101 cm³/mol. The van der Waals surface area contributed by atoms with E-state index in [9.17, 15) is 13.2 Å². The molecule has 0 heterocycles. The number of anilines is 2. The number of nitrogens with one attached hydrogen (secondary N) is 1. The zero-order valence-electron chi connectivity index (χ0n) is 15.2. The Bertz CT molecular complexity index is 866. The van der Waals surface area contributed by atoms with Gasteiger partial charge in [0.05, 0.1) is 16.3 Å². The van der Waals surface area contributed by atoms with E-state index in [1.807, 2.05) is 12.1 Å². The van der Waals surface area contributed by atoms with E-state index in [0.29, 0.717) is 11.4 Å². The highest BCUT2D eigenvalue weighted by atomic mass is 32.2. The Morgan fingerprint density at radius 3 is 2.08 bits per heavy atom. The van der Waals surface area contributed by atoms with Crippen molar-refractivity contribution in [2.45, 2.75) is 38.0 Å². The van der Waals surface area contributed by atoms with Crippen LogP contribution in [-0.4, -0.2) is 21.4 Å². The van der Waals surface area contributed by atoms with Gasteiger partial charge in [-0.2, -0.15) is 0 Å². The SMILES string of the molecule is CC(=O)N(C)c1ccccc1NS(=O)(=O)c1ccc(C(C)(C)C)cc1. The Hall–Kier alpha value is -2.34. The quantitative estimate of drug-likeness (QED) is 0.902. The van der Waals surface area contributed by atoms with Gasteiger partial charge in [0, 0.05) is 14.0 Å². The molecule has 0 spiro atoms. The number of rotatable bonds is 4. The Labute approximate surface area is 149 Å². The van der Waals surface area contributed by atoms with Crippen molar-refractivity contribution in [1.82, 2.24) is 0 Å². The Balaban J connectivity index is 2.35. The number of carbonyl (C=O) groups excluding carboxylic acids is 1. The second-order valence-electron chi connectivity index (χ2n) is 6.98. The fourth-order valence-corrected chi connectivity index (χ4v) is 3.43. The van der Waals surface area contributed by atoms with Gasteiger partial charge in [-0.3, -0.25) is 9.52 Å². The van der Waals surface area contributed by atoms with Crippen molar-refractivity contribution < 1.29 is 13.2 Å². The molecule has 25 heavy (non-hydrogen) atoms. The van der Waals surface area contributed by atoms with E-state index >= 15 is 0 Å². The summed E-state index contributed by atoms with van der Waals surface area (Å²) in [6, 6.07) is 13.6. The standard InChI is InChI=1S/C19H24N2O3S/c1-14(22)21(5)18-9-7-6-8-17(18)20-25(23,24)16-12-10-15(11-13-16)19(2,3)4/h6-13,20H,1-5H3.